The van der Waals surface area contributed by atoms with E-state index in [1.165, 1.54) is 6.26 Å². The Morgan fingerprint density at radius 1 is 1.35 bits per heavy atom. The molecular weight excluding hydrogens is 298 g/mol. The van der Waals surface area contributed by atoms with Crippen molar-refractivity contribution in [1.29, 1.82) is 0 Å². The lowest BCUT2D eigenvalue weighted by molar-refractivity contribution is -0.132. The van der Waals surface area contributed by atoms with Crippen molar-refractivity contribution in [1.82, 2.24) is 15.5 Å². The van der Waals surface area contributed by atoms with Crippen LogP contribution in [-0.4, -0.2) is 62.1 Å². The second-order valence-electron chi connectivity index (χ2n) is 5.50. The maximum absolute atomic E-state index is 12.3. The Hall–Kier alpha value is -1.86. The largest absolute Gasteiger partial charge is 0.459 e. The number of nitrogens with one attached hydrogen (secondary N) is 2. The van der Waals surface area contributed by atoms with Gasteiger partial charge in [0, 0.05) is 19.6 Å². The molecule has 0 radical (unpaired) electrons. The highest BCUT2D eigenvalue weighted by molar-refractivity contribution is 5.91. The summed E-state index contributed by atoms with van der Waals surface area (Å²) in [4.78, 5) is 26.1. The zero-order valence-corrected chi connectivity index (χ0v) is 13.5. The van der Waals surface area contributed by atoms with Gasteiger partial charge in [-0.05, 0) is 25.1 Å². The molecule has 2 amide bonds. The van der Waals surface area contributed by atoms with Gasteiger partial charge < -0.3 is 19.8 Å². The SMILES string of the molecule is CCCCN1CCOCC1C(=O)NCCNC(=O)c1ccco1. The third-order valence-corrected chi connectivity index (χ3v) is 3.80. The molecule has 0 aliphatic carbocycles. The van der Waals surface area contributed by atoms with Crippen molar-refractivity contribution in [2.45, 2.75) is 25.8 Å². The van der Waals surface area contributed by atoms with E-state index in [2.05, 4.69) is 22.5 Å². The standard InChI is InChI=1S/C16H25N3O4/c1-2-3-8-19-9-11-22-12-13(19)15(20)17-6-7-18-16(21)14-5-4-10-23-14/h4-5,10,13H,2-3,6-9,11-12H2,1H3,(H,17,20)(H,18,21). The molecule has 128 valence electrons. The van der Waals surface area contributed by atoms with Crippen molar-refractivity contribution >= 4 is 11.8 Å². The van der Waals surface area contributed by atoms with Gasteiger partial charge >= 0.3 is 0 Å². The first-order valence-corrected chi connectivity index (χ1v) is 8.13. The zero-order chi connectivity index (χ0) is 16.5. The Morgan fingerprint density at radius 2 is 2.17 bits per heavy atom. The summed E-state index contributed by atoms with van der Waals surface area (Å²) in [5.74, 6) is -0.0642. The van der Waals surface area contributed by atoms with Crippen molar-refractivity contribution in [2.75, 3.05) is 39.4 Å². The molecule has 2 heterocycles. The summed E-state index contributed by atoms with van der Waals surface area (Å²) in [6.07, 6.45) is 3.62. The molecule has 0 aromatic carbocycles. The topological polar surface area (TPSA) is 83.8 Å². The van der Waals surface area contributed by atoms with Gasteiger partial charge in [-0.2, -0.15) is 0 Å². The molecule has 1 fully saturated rings. The summed E-state index contributed by atoms with van der Waals surface area (Å²) in [5.41, 5.74) is 0. The zero-order valence-electron chi connectivity index (χ0n) is 13.5. The first-order chi connectivity index (χ1) is 11.2. The average molecular weight is 323 g/mol. The minimum Gasteiger partial charge on any atom is -0.459 e. The van der Waals surface area contributed by atoms with Crippen LogP contribution >= 0.6 is 0 Å². The Balaban J connectivity index is 1.69. The van der Waals surface area contributed by atoms with Gasteiger partial charge in [-0.3, -0.25) is 14.5 Å². The summed E-state index contributed by atoms with van der Waals surface area (Å²) < 4.78 is 10.4. The van der Waals surface area contributed by atoms with E-state index >= 15 is 0 Å². The van der Waals surface area contributed by atoms with E-state index in [1.807, 2.05) is 0 Å². The number of nitrogens with zero attached hydrogens (tertiary/aromatic N) is 1. The molecule has 23 heavy (non-hydrogen) atoms. The van der Waals surface area contributed by atoms with Crippen LogP contribution in [0.2, 0.25) is 0 Å². The van der Waals surface area contributed by atoms with E-state index in [0.717, 1.165) is 25.9 Å². The van der Waals surface area contributed by atoms with Crippen LogP contribution < -0.4 is 10.6 Å². The molecule has 7 nitrogen and oxygen atoms in total. The number of morpholine rings is 1. The van der Waals surface area contributed by atoms with Crippen molar-refractivity contribution in [3.8, 4) is 0 Å². The maximum atomic E-state index is 12.3. The van der Waals surface area contributed by atoms with Gasteiger partial charge in [0.15, 0.2) is 5.76 Å². The van der Waals surface area contributed by atoms with Gasteiger partial charge in [-0.25, -0.2) is 0 Å². The molecule has 1 saturated heterocycles. The minimum atomic E-state index is -0.283. The van der Waals surface area contributed by atoms with Crippen LogP contribution in [0.25, 0.3) is 0 Å². The Labute approximate surface area is 136 Å². The molecule has 1 unspecified atom stereocenters. The van der Waals surface area contributed by atoms with Crippen molar-refractivity contribution in [3.63, 3.8) is 0 Å². The van der Waals surface area contributed by atoms with E-state index in [4.69, 9.17) is 9.15 Å². The smallest absolute Gasteiger partial charge is 0.287 e. The van der Waals surface area contributed by atoms with Crippen molar-refractivity contribution < 1.29 is 18.7 Å². The number of hydrogen-bond donors (Lipinski definition) is 2. The Bertz CT molecular complexity index is 490. The molecule has 1 aliphatic heterocycles. The monoisotopic (exact) mass is 323 g/mol. The lowest BCUT2D eigenvalue weighted by Gasteiger charge is -2.34. The van der Waals surface area contributed by atoms with E-state index in [0.29, 0.717) is 26.3 Å². The molecule has 0 saturated carbocycles. The molecule has 0 bridgehead atoms. The van der Waals surface area contributed by atoms with Gasteiger partial charge in [-0.1, -0.05) is 13.3 Å². The molecule has 1 atom stereocenters. The summed E-state index contributed by atoms with van der Waals surface area (Å²) in [6, 6.07) is 3.01. The highest BCUT2D eigenvalue weighted by atomic mass is 16.5. The first-order valence-electron chi connectivity index (χ1n) is 8.13. The van der Waals surface area contributed by atoms with E-state index < -0.39 is 0 Å². The number of ether oxygens (including phenoxy) is 1. The van der Waals surface area contributed by atoms with Crippen molar-refractivity contribution in [3.05, 3.63) is 24.2 Å². The fraction of sp³-hybridized carbons (Fsp3) is 0.625. The number of carbonyl (C=O) groups excluding carboxylic acids is 2. The number of unbranched alkanes of at least 4 members (excludes halogenated alkanes) is 1. The first kappa shape index (κ1) is 17.5. The van der Waals surface area contributed by atoms with Crippen molar-refractivity contribution in [2.24, 2.45) is 0 Å². The van der Waals surface area contributed by atoms with E-state index in [1.54, 1.807) is 12.1 Å². The van der Waals surface area contributed by atoms with E-state index in [9.17, 15) is 9.59 Å². The van der Waals surface area contributed by atoms with E-state index in [-0.39, 0.29) is 23.6 Å². The molecule has 1 aliphatic rings. The highest BCUT2D eigenvalue weighted by Crippen LogP contribution is 2.08. The number of rotatable bonds is 8. The lowest BCUT2D eigenvalue weighted by atomic mass is 10.2. The molecular formula is C16H25N3O4. The minimum absolute atomic E-state index is 0.0481. The second-order valence-corrected chi connectivity index (χ2v) is 5.50. The molecule has 1 aromatic rings. The number of hydrogen-bond acceptors (Lipinski definition) is 5. The third-order valence-electron chi connectivity index (χ3n) is 3.80. The van der Waals surface area contributed by atoms with Crippen LogP contribution in [0.3, 0.4) is 0 Å². The number of furan rings is 1. The number of carbonyl (C=O) groups is 2. The second kappa shape index (κ2) is 9.32. The molecule has 2 N–H and O–H groups in total. The summed E-state index contributed by atoms with van der Waals surface area (Å²) in [7, 11) is 0. The quantitative estimate of drug-likeness (QED) is 0.686. The van der Waals surface area contributed by atoms with Crippen LogP contribution in [0.15, 0.2) is 22.8 Å². The maximum Gasteiger partial charge on any atom is 0.287 e. The van der Waals surface area contributed by atoms with Crippen LogP contribution in [0.5, 0.6) is 0 Å². The third kappa shape index (κ3) is 5.37. The van der Waals surface area contributed by atoms with Gasteiger partial charge in [0.2, 0.25) is 5.91 Å². The molecule has 2 rings (SSSR count). The van der Waals surface area contributed by atoms with Gasteiger partial charge in [-0.15, -0.1) is 0 Å². The molecule has 1 aromatic heterocycles. The average Bonchev–Trinajstić information content (AvgIpc) is 3.11. The van der Waals surface area contributed by atoms with Crippen LogP contribution in [0.4, 0.5) is 0 Å². The van der Waals surface area contributed by atoms with Crippen LogP contribution in [-0.2, 0) is 9.53 Å². The predicted molar refractivity (Wildman–Crippen MR) is 85.1 cm³/mol. The molecule has 0 spiro atoms. The predicted octanol–water partition coefficient (Wildman–Crippen LogP) is 0.627. The summed E-state index contributed by atoms with van der Waals surface area (Å²) in [6.45, 7) is 5.66. The van der Waals surface area contributed by atoms with Gasteiger partial charge in [0.05, 0.1) is 19.5 Å². The lowest BCUT2D eigenvalue weighted by Crippen LogP contribution is -2.54. The fourth-order valence-corrected chi connectivity index (χ4v) is 2.48. The normalized spacial score (nSPS) is 18.6. The summed E-state index contributed by atoms with van der Waals surface area (Å²) >= 11 is 0. The molecule has 7 heteroatoms. The number of amides is 2. The fourth-order valence-electron chi connectivity index (χ4n) is 2.48. The Morgan fingerprint density at radius 3 is 2.91 bits per heavy atom. The van der Waals surface area contributed by atoms with Gasteiger partial charge in [0.25, 0.3) is 5.91 Å². The summed E-state index contributed by atoms with van der Waals surface area (Å²) in [5, 5.41) is 5.55. The highest BCUT2D eigenvalue weighted by Gasteiger charge is 2.28. The van der Waals surface area contributed by atoms with Crippen LogP contribution in [0, 0.1) is 0 Å². The Kier molecular flexibility index (Phi) is 7.09. The van der Waals surface area contributed by atoms with Crippen LogP contribution in [0.1, 0.15) is 30.3 Å². The van der Waals surface area contributed by atoms with Gasteiger partial charge in [0.1, 0.15) is 6.04 Å².